The SMILES string of the molecule is CCOC(=O)/C=C/c1cccc(C(=O)Nc2cccc(C(F)(F)F)c2)c1. The van der Waals surface area contributed by atoms with Gasteiger partial charge in [0.15, 0.2) is 0 Å². The molecule has 7 heteroatoms. The quantitative estimate of drug-likeness (QED) is 0.627. The number of alkyl halides is 3. The minimum absolute atomic E-state index is 0.0392. The van der Waals surface area contributed by atoms with E-state index in [0.29, 0.717) is 5.56 Å². The number of carbonyl (C=O) groups is 2. The molecule has 1 N–H and O–H groups in total. The summed E-state index contributed by atoms with van der Waals surface area (Å²) in [6.45, 7) is 1.94. The van der Waals surface area contributed by atoms with Gasteiger partial charge in [0.1, 0.15) is 0 Å². The highest BCUT2D eigenvalue weighted by Gasteiger charge is 2.30. The largest absolute Gasteiger partial charge is 0.463 e. The first-order valence-electron chi connectivity index (χ1n) is 7.73. The van der Waals surface area contributed by atoms with Crippen LogP contribution in [0.4, 0.5) is 18.9 Å². The molecule has 0 aliphatic rings. The number of hydrogen-bond acceptors (Lipinski definition) is 3. The Morgan fingerprint density at radius 3 is 2.54 bits per heavy atom. The van der Waals surface area contributed by atoms with Crippen LogP contribution in [0.25, 0.3) is 6.08 Å². The van der Waals surface area contributed by atoms with Crippen molar-refractivity contribution in [2.75, 3.05) is 11.9 Å². The van der Waals surface area contributed by atoms with Gasteiger partial charge in [-0.25, -0.2) is 4.79 Å². The summed E-state index contributed by atoms with van der Waals surface area (Å²) in [5.41, 5.74) is 0.0156. The maximum atomic E-state index is 12.7. The molecule has 0 aliphatic carbocycles. The van der Waals surface area contributed by atoms with E-state index in [4.69, 9.17) is 4.74 Å². The van der Waals surface area contributed by atoms with Gasteiger partial charge in [-0.05, 0) is 48.9 Å². The number of halogens is 3. The van der Waals surface area contributed by atoms with E-state index in [1.807, 2.05) is 0 Å². The topological polar surface area (TPSA) is 55.4 Å². The molecule has 2 rings (SSSR count). The predicted octanol–water partition coefficient (Wildman–Crippen LogP) is 4.53. The van der Waals surface area contributed by atoms with Crippen LogP contribution in [-0.2, 0) is 15.7 Å². The first-order valence-corrected chi connectivity index (χ1v) is 7.73. The van der Waals surface area contributed by atoms with E-state index in [0.717, 1.165) is 12.1 Å². The molecule has 2 aromatic carbocycles. The van der Waals surface area contributed by atoms with Crippen molar-refractivity contribution in [1.82, 2.24) is 0 Å². The molecular weight excluding hydrogens is 347 g/mol. The fourth-order valence-corrected chi connectivity index (χ4v) is 2.11. The predicted molar refractivity (Wildman–Crippen MR) is 91.5 cm³/mol. The van der Waals surface area contributed by atoms with E-state index in [2.05, 4.69) is 5.32 Å². The van der Waals surface area contributed by atoms with Crippen molar-refractivity contribution in [3.63, 3.8) is 0 Å². The average Bonchev–Trinajstić information content (AvgIpc) is 2.60. The highest BCUT2D eigenvalue weighted by molar-refractivity contribution is 6.04. The second-order valence-corrected chi connectivity index (χ2v) is 5.24. The Morgan fingerprint density at radius 1 is 1.12 bits per heavy atom. The van der Waals surface area contributed by atoms with Crippen molar-refractivity contribution in [3.8, 4) is 0 Å². The zero-order valence-electron chi connectivity index (χ0n) is 13.8. The number of carbonyl (C=O) groups excluding carboxylic acids is 2. The Kier molecular flexibility index (Phi) is 6.16. The van der Waals surface area contributed by atoms with Gasteiger partial charge in [0, 0.05) is 17.3 Å². The molecule has 1 amide bonds. The second-order valence-electron chi connectivity index (χ2n) is 5.24. The summed E-state index contributed by atoms with van der Waals surface area (Å²) >= 11 is 0. The molecule has 0 fully saturated rings. The molecule has 4 nitrogen and oxygen atoms in total. The van der Waals surface area contributed by atoms with Gasteiger partial charge >= 0.3 is 12.1 Å². The fraction of sp³-hybridized carbons (Fsp3) is 0.158. The lowest BCUT2D eigenvalue weighted by Gasteiger charge is -2.10. The van der Waals surface area contributed by atoms with Crippen molar-refractivity contribution in [2.24, 2.45) is 0 Å². The lowest BCUT2D eigenvalue weighted by molar-refractivity contribution is -0.138. The molecule has 0 atom stereocenters. The normalized spacial score (nSPS) is 11.4. The van der Waals surface area contributed by atoms with Crippen LogP contribution in [0.15, 0.2) is 54.6 Å². The molecule has 0 saturated heterocycles. The smallest absolute Gasteiger partial charge is 0.416 e. The summed E-state index contributed by atoms with van der Waals surface area (Å²) in [5.74, 6) is -1.07. The van der Waals surface area contributed by atoms with E-state index in [-0.39, 0.29) is 17.9 Å². The van der Waals surface area contributed by atoms with Crippen LogP contribution in [0, 0.1) is 0 Å². The monoisotopic (exact) mass is 363 g/mol. The zero-order valence-corrected chi connectivity index (χ0v) is 13.8. The molecule has 0 radical (unpaired) electrons. The number of nitrogens with one attached hydrogen (secondary N) is 1. The van der Waals surface area contributed by atoms with E-state index < -0.39 is 23.6 Å². The van der Waals surface area contributed by atoms with Gasteiger partial charge < -0.3 is 10.1 Å². The molecule has 0 aromatic heterocycles. The van der Waals surface area contributed by atoms with Crippen LogP contribution in [-0.4, -0.2) is 18.5 Å². The molecule has 2 aromatic rings. The fourth-order valence-electron chi connectivity index (χ4n) is 2.11. The third kappa shape index (κ3) is 5.47. The van der Waals surface area contributed by atoms with Crippen molar-refractivity contribution >= 4 is 23.6 Å². The van der Waals surface area contributed by atoms with Crippen molar-refractivity contribution < 1.29 is 27.5 Å². The van der Waals surface area contributed by atoms with E-state index in [9.17, 15) is 22.8 Å². The van der Waals surface area contributed by atoms with Crippen LogP contribution in [0.3, 0.4) is 0 Å². The molecule has 0 unspecified atom stereocenters. The van der Waals surface area contributed by atoms with Crippen molar-refractivity contribution in [3.05, 3.63) is 71.3 Å². The molecule has 0 saturated carbocycles. The highest BCUT2D eigenvalue weighted by atomic mass is 19.4. The standard InChI is InChI=1S/C19H16F3NO3/c1-2-26-17(24)10-9-13-5-3-6-14(11-13)18(25)23-16-8-4-7-15(12-16)19(20,21)22/h3-12H,2H2,1H3,(H,23,25)/b10-9+. The van der Waals surface area contributed by atoms with Gasteiger partial charge in [0.05, 0.1) is 12.2 Å². The van der Waals surface area contributed by atoms with Gasteiger partial charge in [-0.2, -0.15) is 13.2 Å². The van der Waals surface area contributed by atoms with Gasteiger partial charge in [0.2, 0.25) is 0 Å². The number of hydrogen-bond donors (Lipinski definition) is 1. The maximum absolute atomic E-state index is 12.7. The van der Waals surface area contributed by atoms with Crippen LogP contribution >= 0.6 is 0 Å². The first kappa shape index (κ1) is 19.2. The number of amides is 1. The molecule has 136 valence electrons. The van der Waals surface area contributed by atoms with E-state index in [1.54, 1.807) is 19.1 Å². The van der Waals surface area contributed by atoms with Gasteiger partial charge in [-0.15, -0.1) is 0 Å². The minimum atomic E-state index is -4.49. The number of rotatable bonds is 5. The lowest BCUT2D eigenvalue weighted by atomic mass is 10.1. The number of anilines is 1. The van der Waals surface area contributed by atoms with Crippen molar-refractivity contribution in [2.45, 2.75) is 13.1 Å². The van der Waals surface area contributed by atoms with E-state index >= 15 is 0 Å². The summed E-state index contributed by atoms with van der Waals surface area (Å²) in [4.78, 5) is 23.6. The number of ether oxygens (including phenoxy) is 1. The summed E-state index contributed by atoms with van der Waals surface area (Å²) in [6, 6.07) is 10.7. The zero-order chi connectivity index (χ0) is 19.2. The summed E-state index contributed by atoms with van der Waals surface area (Å²) in [5, 5.41) is 2.43. The Hall–Kier alpha value is -3.09. The second kappa shape index (κ2) is 8.33. The molecule has 0 heterocycles. The van der Waals surface area contributed by atoms with Crippen LogP contribution in [0.1, 0.15) is 28.4 Å². The van der Waals surface area contributed by atoms with Crippen LogP contribution in [0.5, 0.6) is 0 Å². The third-order valence-corrected chi connectivity index (χ3v) is 3.30. The number of esters is 1. The van der Waals surface area contributed by atoms with Gasteiger partial charge in [0.25, 0.3) is 5.91 Å². The highest BCUT2D eigenvalue weighted by Crippen LogP contribution is 2.30. The molecule has 0 spiro atoms. The van der Waals surface area contributed by atoms with Gasteiger partial charge in [-0.3, -0.25) is 4.79 Å². The van der Waals surface area contributed by atoms with Gasteiger partial charge in [-0.1, -0.05) is 18.2 Å². The molecular formula is C19H16F3NO3. The Bertz CT molecular complexity index is 829. The van der Waals surface area contributed by atoms with Crippen molar-refractivity contribution in [1.29, 1.82) is 0 Å². The summed E-state index contributed by atoms with van der Waals surface area (Å²) < 4.78 is 42.9. The van der Waals surface area contributed by atoms with Crippen LogP contribution in [0.2, 0.25) is 0 Å². The lowest BCUT2D eigenvalue weighted by Crippen LogP contribution is -2.13. The maximum Gasteiger partial charge on any atom is 0.416 e. The molecule has 0 aliphatic heterocycles. The number of benzene rings is 2. The van der Waals surface area contributed by atoms with E-state index in [1.165, 1.54) is 36.4 Å². The summed E-state index contributed by atoms with van der Waals surface area (Å²) in [7, 11) is 0. The molecule has 0 bridgehead atoms. The Balaban J connectivity index is 2.13. The minimum Gasteiger partial charge on any atom is -0.463 e. The Morgan fingerprint density at radius 2 is 1.85 bits per heavy atom. The average molecular weight is 363 g/mol. The summed E-state index contributed by atoms with van der Waals surface area (Å²) in [6.07, 6.45) is -1.77. The molecule has 26 heavy (non-hydrogen) atoms. The first-order chi connectivity index (χ1) is 12.3. The third-order valence-electron chi connectivity index (χ3n) is 3.30. The Labute approximate surface area is 148 Å². The van der Waals surface area contributed by atoms with Crippen LogP contribution < -0.4 is 5.32 Å².